The number of aryl methyl sites for hydroxylation is 1. The van der Waals surface area contributed by atoms with Crippen molar-refractivity contribution < 1.29 is 18.4 Å². The maximum absolute atomic E-state index is 14.0. The summed E-state index contributed by atoms with van der Waals surface area (Å²) in [4.78, 5) is 18.9. The zero-order chi connectivity index (χ0) is 18.2. The Kier molecular flexibility index (Phi) is 4.69. The van der Waals surface area contributed by atoms with Gasteiger partial charge in [0.2, 0.25) is 5.89 Å². The Hall–Kier alpha value is -2.15. The predicted molar refractivity (Wildman–Crippen MR) is 88.8 cm³/mol. The largest absolute Gasteiger partial charge is 0.475 e. The number of nitrogens with zero attached hydrogens (tertiary/aromatic N) is 3. The van der Waals surface area contributed by atoms with Crippen LogP contribution < -0.4 is 4.74 Å². The summed E-state index contributed by atoms with van der Waals surface area (Å²) in [5, 5.41) is 4.05. The molecule has 0 spiro atoms. The van der Waals surface area contributed by atoms with Crippen LogP contribution in [-0.2, 0) is 4.79 Å². The first kappa shape index (κ1) is 17.7. The van der Waals surface area contributed by atoms with Gasteiger partial charge >= 0.3 is 0 Å². The lowest BCUT2D eigenvalue weighted by atomic mass is 10.1. The summed E-state index contributed by atoms with van der Waals surface area (Å²) in [6.45, 7) is 5.50. The van der Waals surface area contributed by atoms with Gasteiger partial charge < -0.3 is 14.2 Å². The van der Waals surface area contributed by atoms with E-state index in [-0.39, 0.29) is 22.7 Å². The highest BCUT2D eigenvalue weighted by molar-refractivity contribution is 6.30. The third-order valence-electron chi connectivity index (χ3n) is 4.12. The van der Waals surface area contributed by atoms with E-state index in [1.807, 2.05) is 0 Å². The molecular weight excluding hydrogens is 349 g/mol. The molecule has 2 heterocycles. The van der Waals surface area contributed by atoms with Gasteiger partial charge in [0.1, 0.15) is 6.04 Å². The number of ether oxygens (including phenoxy) is 1. The van der Waals surface area contributed by atoms with E-state index in [4.69, 9.17) is 20.9 Å². The molecule has 1 saturated heterocycles. The maximum atomic E-state index is 14.0. The Balaban J connectivity index is 1.80. The van der Waals surface area contributed by atoms with Crippen LogP contribution >= 0.6 is 11.6 Å². The lowest BCUT2D eigenvalue weighted by Crippen LogP contribution is -2.48. The van der Waals surface area contributed by atoms with E-state index in [1.165, 1.54) is 12.1 Å². The number of hydrogen-bond donors (Lipinski definition) is 0. The van der Waals surface area contributed by atoms with Crippen LogP contribution in [-0.4, -0.2) is 33.1 Å². The normalized spacial score (nSPS) is 17.8. The monoisotopic (exact) mass is 367 g/mol. The third kappa shape index (κ3) is 3.61. The first-order valence-corrected chi connectivity index (χ1v) is 8.41. The van der Waals surface area contributed by atoms with Crippen LogP contribution in [0.1, 0.15) is 44.4 Å². The van der Waals surface area contributed by atoms with E-state index >= 15 is 0 Å². The van der Waals surface area contributed by atoms with Gasteiger partial charge in [-0.25, -0.2) is 4.39 Å². The first-order valence-electron chi connectivity index (χ1n) is 8.03. The molecule has 8 heteroatoms. The SMILES string of the molecule is Cc1noc(C2CCCN2C(=O)C(C)(C)Oc2ccc(Cl)cc2F)n1. The molecule has 0 saturated carbocycles. The molecule has 1 aliphatic rings. The number of carbonyl (C=O) groups excluding carboxylic acids is 1. The van der Waals surface area contributed by atoms with Crippen molar-refractivity contribution in [2.75, 3.05) is 6.54 Å². The van der Waals surface area contributed by atoms with E-state index in [1.54, 1.807) is 25.7 Å². The molecule has 1 aromatic heterocycles. The van der Waals surface area contributed by atoms with E-state index < -0.39 is 11.4 Å². The summed E-state index contributed by atoms with van der Waals surface area (Å²) in [6, 6.07) is 3.79. The molecule has 2 aromatic rings. The predicted octanol–water partition coefficient (Wildman–Crippen LogP) is 3.69. The van der Waals surface area contributed by atoms with Gasteiger partial charge in [0.15, 0.2) is 23.0 Å². The number of likely N-dealkylation sites (tertiary alicyclic amines) is 1. The average molecular weight is 368 g/mol. The highest BCUT2D eigenvalue weighted by Gasteiger charge is 2.42. The lowest BCUT2D eigenvalue weighted by molar-refractivity contribution is -0.147. The van der Waals surface area contributed by atoms with Crippen molar-refractivity contribution in [1.82, 2.24) is 15.0 Å². The first-order chi connectivity index (χ1) is 11.8. The van der Waals surface area contributed by atoms with Crippen molar-refractivity contribution in [1.29, 1.82) is 0 Å². The number of rotatable bonds is 4. The Labute approximate surface area is 149 Å². The summed E-state index contributed by atoms with van der Waals surface area (Å²) in [5.41, 5.74) is -1.26. The van der Waals surface area contributed by atoms with E-state index in [0.29, 0.717) is 18.3 Å². The quantitative estimate of drug-likeness (QED) is 0.824. The Morgan fingerprint density at radius 2 is 2.24 bits per heavy atom. The van der Waals surface area contributed by atoms with Crippen LogP contribution in [0.2, 0.25) is 5.02 Å². The van der Waals surface area contributed by atoms with Crippen molar-refractivity contribution in [3.63, 3.8) is 0 Å². The zero-order valence-electron chi connectivity index (χ0n) is 14.3. The zero-order valence-corrected chi connectivity index (χ0v) is 15.0. The van der Waals surface area contributed by atoms with Crippen molar-refractivity contribution >= 4 is 17.5 Å². The summed E-state index contributed by atoms with van der Waals surface area (Å²) in [6.07, 6.45) is 1.56. The minimum atomic E-state index is -1.26. The minimum Gasteiger partial charge on any atom is -0.475 e. The second-order valence-electron chi connectivity index (χ2n) is 6.52. The fourth-order valence-corrected chi connectivity index (χ4v) is 3.10. The summed E-state index contributed by atoms with van der Waals surface area (Å²) in [5.74, 6) is 0.0380. The van der Waals surface area contributed by atoms with Crippen LogP contribution in [0.5, 0.6) is 5.75 Å². The molecule has 0 aliphatic carbocycles. The number of aromatic nitrogens is 2. The average Bonchev–Trinajstić information content (AvgIpc) is 3.17. The van der Waals surface area contributed by atoms with Gasteiger partial charge in [-0.3, -0.25) is 4.79 Å². The fourth-order valence-electron chi connectivity index (χ4n) is 2.94. The lowest BCUT2D eigenvalue weighted by Gasteiger charge is -2.32. The summed E-state index contributed by atoms with van der Waals surface area (Å²) < 4.78 is 24.9. The van der Waals surface area contributed by atoms with Gasteiger partial charge in [0.25, 0.3) is 5.91 Å². The van der Waals surface area contributed by atoms with E-state index in [2.05, 4.69) is 10.1 Å². The summed E-state index contributed by atoms with van der Waals surface area (Å²) >= 11 is 5.75. The maximum Gasteiger partial charge on any atom is 0.266 e. The second kappa shape index (κ2) is 6.63. The van der Waals surface area contributed by atoms with Gasteiger partial charge in [-0.15, -0.1) is 0 Å². The summed E-state index contributed by atoms with van der Waals surface area (Å²) in [7, 11) is 0. The van der Waals surface area contributed by atoms with Crippen LogP contribution in [0.3, 0.4) is 0 Å². The smallest absolute Gasteiger partial charge is 0.266 e. The van der Waals surface area contributed by atoms with Gasteiger partial charge in [-0.1, -0.05) is 16.8 Å². The molecule has 0 radical (unpaired) electrons. The highest BCUT2D eigenvalue weighted by Crippen LogP contribution is 2.34. The Morgan fingerprint density at radius 3 is 2.88 bits per heavy atom. The number of halogens is 2. The van der Waals surface area contributed by atoms with Crippen LogP contribution in [0.25, 0.3) is 0 Å². The van der Waals surface area contributed by atoms with E-state index in [0.717, 1.165) is 18.9 Å². The standard InChI is InChI=1S/C17H19ClFN3O3/c1-10-20-15(25-21-10)13-5-4-8-22(13)16(23)17(2,3)24-14-7-6-11(18)9-12(14)19/h6-7,9,13H,4-5,8H2,1-3H3. The third-order valence-corrected chi connectivity index (χ3v) is 4.35. The number of benzene rings is 1. The van der Waals surface area contributed by atoms with Crippen LogP contribution in [0.15, 0.2) is 22.7 Å². The van der Waals surface area contributed by atoms with Gasteiger partial charge in [0.05, 0.1) is 0 Å². The molecule has 1 fully saturated rings. The molecule has 0 bridgehead atoms. The highest BCUT2D eigenvalue weighted by atomic mass is 35.5. The molecule has 0 N–H and O–H groups in total. The van der Waals surface area contributed by atoms with Crippen LogP contribution in [0.4, 0.5) is 4.39 Å². The number of hydrogen-bond acceptors (Lipinski definition) is 5. The van der Waals surface area contributed by atoms with Gasteiger partial charge in [0, 0.05) is 11.6 Å². The molecule has 1 aromatic carbocycles. The molecule has 134 valence electrons. The van der Waals surface area contributed by atoms with Crippen molar-refractivity contribution in [3.05, 3.63) is 40.8 Å². The van der Waals surface area contributed by atoms with E-state index in [9.17, 15) is 9.18 Å². The fraction of sp³-hybridized carbons (Fsp3) is 0.471. The molecule has 1 atom stereocenters. The van der Waals surface area contributed by atoms with Crippen molar-refractivity contribution in [2.24, 2.45) is 0 Å². The molecule has 25 heavy (non-hydrogen) atoms. The molecule has 1 aliphatic heterocycles. The Morgan fingerprint density at radius 1 is 1.48 bits per heavy atom. The molecule has 1 amide bonds. The van der Waals surface area contributed by atoms with Gasteiger partial charge in [-0.05, 0) is 51.8 Å². The minimum absolute atomic E-state index is 0.0212. The topological polar surface area (TPSA) is 68.5 Å². The van der Waals surface area contributed by atoms with Gasteiger partial charge in [-0.2, -0.15) is 4.98 Å². The van der Waals surface area contributed by atoms with Crippen molar-refractivity contribution in [3.8, 4) is 5.75 Å². The molecule has 3 rings (SSSR count). The van der Waals surface area contributed by atoms with Crippen molar-refractivity contribution in [2.45, 2.75) is 45.3 Å². The molecule has 1 unspecified atom stereocenters. The second-order valence-corrected chi connectivity index (χ2v) is 6.96. The number of amides is 1. The van der Waals surface area contributed by atoms with Crippen LogP contribution in [0, 0.1) is 12.7 Å². The Bertz CT molecular complexity index is 793. The molecular formula is C17H19ClFN3O3. The number of carbonyl (C=O) groups is 1. The molecule has 6 nitrogen and oxygen atoms in total.